The first-order valence-electron chi connectivity index (χ1n) is 5.84. The van der Waals surface area contributed by atoms with Gasteiger partial charge in [-0.3, -0.25) is 0 Å². The van der Waals surface area contributed by atoms with E-state index in [0.717, 1.165) is 35.0 Å². The number of carbonyl (C=O) groups is 1. The molecule has 0 aliphatic heterocycles. The topological polar surface area (TPSA) is 50.2 Å². The van der Waals surface area contributed by atoms with Crippen molar-refractivity contribution in [3.8, 4) is 0 Å². The zero-order valence-corrected chi connectivity index (χ0v) is 12.2. The minimum atomic E-state index is -0.842. The van der Waals surface area contributed by atoms with Gasteiger partial charge < -0.3 is 5.11 Å². The average molecular weight is 273 g/mol. The molecule has 1 aromatic heterocycles. The smallest absolute Gasteiger partial charge is 0.347 e. The van der Waals surface area contributed by atoms with Crippen LogP contribution < -0.4 is 0 Å². The molecule has 0 saturated carbocycles. The molecule has 0 amide bonds. The fourth-order valence-corrected chi connectivity index (χ4v) is 3.48. The Kier molecular flexibility index (Phi) is 5.98. The Hall–Kier alpha value is -0.550. The molecule has 0 atom stereocenters. The van der Waals surface area contributed by atoms with Crippen molar-refractivity contribution in [1.82, 2.24) is 4.98 Å². The molecule has 0 aromatic carbocycles. The summed E-state index contributed by atoms with van der Waals surface area (Å²) >= 11 is 3.15. The summed E-state index contributed by atoms with van der Waals surface area (Å²) in [7, 11) is 0. The predicted octanol–water partition coefficient (Wildman–Crippen LogP) is 3.68. The molecule has 5 heteroatoms. The monoisotopic (exact) mass is 273 g/mol. The van der Waals surface area contributed by atoms with Gasteiger partial charge in [0.05, 0.1) is 5.69 Å². The highest BCUT2D eigenvalue weighted by Crippen LogP contribution is 2.24. The molecule has 0 saturated heterocycles. The van der Waals surface area contributed by atoms with Crippen LogP contribution in [-0.4, -0.2) is 21.8 Å². The molecular weight excluding hydrogens is 254 g/mol. The fraction of sp³-hybridized carbons (Fsp3) is 0.667. The number of hydrogen-bond donors (Lipinski definition) is 1. The van der Waals surface area contributed by atoms with E-state index in [-0.39, 0.29) is 0 Å². The summed E-state index contributed by atoms with van der Waals surface area (Å²) in [6.45, 7) is 6.40. The highest BCUT2D eigenvalue weighted by molar-refractivity contribution is 7.98. The van der Waals surface area contributed by atoms with Gasteiger partial charge in [0.1, 0.15) is 9.88 Å². The highest BCUT2D eigenvalue weighted by atomic mass is 32.2. The van der Waals surface area contributed by atoms with E-state index in [9.17, 15) is 4.79 Å². The van der Waals surface area contributed by atoms with Crippen LogP contribution in [0.25, 0.3) is 0 Å². The summed E-state index contributed by atoms with van der Waals surface area (Å²) in [4.78, 5) is 15.9. The van der Waals surface area contributed by atoms with Gasteiger partial charge in [0.25, 0.3) is 0 Å². The van der Waals surface area contributed by atoms with E-state index in [2.05, 4.69) is 18.8 Å². The van der Waals surface area contributed by atoms with Crippen LogP contribution in [0.2, 0.25) is 0 Å². The van der Waals surface area contributed by atoms with Crippen molar-refractivity contribution < 1.29 is 9.90 Å². The van der Waals surface area contributed by atoms with Gasteiger partial charge in [0.2, 0.25) is 0 Å². The van der Waals surface area contributed by atoms with Gasteiger partial charge in [0, 0.05) is 5.75 Å². The minimum Gasteiger partial charge on any atom is -0.477 e. The van der Waals surface area contributed by atoms with Crippen LogP contribution in [0.5, 0.6) is 0 Å². The fourth-order valence-electron chi connectivity index (χ4n) is 1.42. The molecule has 96 valence electrons. The average Bonchev–Trinajstić information content (AvgIpc) is 2.61. The first kappa shape index (κ1) is 14.5. The zero-order chi connectivity index (χ0) is 12.8. The number of thioether (sulfide) groups is 1. The first-order chi connectivity index (χ1) is 8.04. The summed E-state index contributed by atoms with van der Waals surface area (Å²) in [6.07, 6.45) is 1.69. The molecule has 1 aromatic rings. The quantitative estimate of drug-likeness (QED) is 0.823. The van der Waals surface area contributed by atoms with Crippen LogP contribution in [0.4, 0.5) is 0 Å². The molecule has 0 spiro atoms. The maximum Gasteiger partial charge on any atom is 0.347 e. The Morgan fingerprint density at radius 2 is 2.24 bits per heavy atom. The van der Waals surface area contributed by atoms with Crippen molar-refractivity contribution in [2.24, 2.45) is 5.92 Å². The number of rotatable bonds is 7. The molecule has 0 aliphatic rings. The number of carboxylic acid groups (broad SMARTS) is 1. The number of nitrogens with zero attached hydrogens (tertiary/aromatic N) is 1. The summed E-state index contributed by atoms with van der Waals surface area (Å²) in [5.41, 5.74) is 0.755. The molecule has 3 nitrogen and oxygen atoms in total. The second kappa shape index (κ2) is 7.01. The van der Waals surface area contributed by atoms with Crippen molar-refractivity contribution in [3.63, 3.8) is 0 Å². The molecule has 1 rings (SSSR count). The summed E-state index contributed by atoms with van der Waals surface area (Å²) in [6, 6.07) is 0. The summed E-state index contributed by atoms with van der Waals surface area (Å²) in [5.74, 6) is 1.73. The Balaban J connectivity index is 2.67. The molecule has 0 radical (unpaired) electrons. The maximum absolute atomic E-state index is 11.1. The van der Waals surface area contributed by atoms with Crippen molar-refractivity contribution in [1.29, 1.82) is 0 Å². The summed E-state index contributed by atoms with van der Waals surface area (Å²) < 4.78 is 0. The minimum absolute atomic E-state index is 0.423. The third-order valence-corrected chi connectivity index (χ3v) is 4.75. The lowest BCUT2D eigenvalue weighted by atomic mass is 10.2. The lowest BCUT2D eigenvalue weighted by Gasteiger charge is -2.01. The van der Waals surface area contributed by atoms with E-state index < -0.39 is 5.97 Å². The normalized spacial score (nSPS) is 11.1. The second-order valence-corrected chi connectivity index (χ2v) is 6.46. The molecule has 0 aliphatic carbocycles. The van der Waals surface area contributed by atoms with Crippen LogP contribution in [0.15, 0.2) is 0 Å². The molecule has 17 heavy (non-hydrogen) atoms. The van der Waals surface area contributed by atoms with Gasteiger partial charge in [-0.25, -0.2) is 9.78 Å². The zero-order valence-electron chi connectivity index (χ0n) is 10.5. The first-order valence-corrected chi connectivity index (χ1v) is 7.81. The van der Waals surface area contributed by atoms with E-state index in [1.54, 1.807) is 0 Å². The Bertz CT molecular complexity index is 375. The van der Waals surface area contributed by atoms with Crippen LogP contribution in [0.1, 0.15) is 47.6 Å². The van der Waals surface area contributed by atoms with Crippen LogP contribution in [0, 0.1) is 5.92 Å². The number of aryl methyl sites for hydroxylation is 1. The molecule has 1 heterocycles. The van der Waals surface area contributed by atoms with Gasteiger partial charge in [-0.1, -0.05) is 27.2 Å². The third kappa shape index (κ3) is 4.68. The number of carboxylic acids is 1. The van der Waals surface area contributed by atoms with E-state index >= 15 is 0 Å². The number of thiazole rings is 1. The Labute approximate surface area is 111 Å². The van der Waals surface area contributed by atoms with Gasteiger partial charge in [-0.15, -0.1) is 11.3 Å². The van der Waals surface area contributed by atoms with Crippen molar-refractivity contribution in [2.75, 3.05) is 5.75 Å². The van der Waals surface area contributed by atoms with Crippen LogP contribution in [0.3, 0.4) is 0 Å². The van der Waals surface area contributed by atoms with Crippen LogP contribution >= 0.6 is 23.1 Å². The van der Waals surface area contributed by atoms with Crippen molar-refractivity contribution in [2.45, 2.75) is 39.4 Å². The van der Waals surface area contributed by atoms with Gasteiger partial charge >= 0.3 is 5.97 Å². The molecule has 0 unspecified atom stereocenters. The number of aromatic carboxylic acids is 1. The van der Waals surface area contributed by atoms with Crippen molar-refractivity contribution >= 4 is 29.1 Å². The summed E-state index contributed by atoms with van der Waals surface area (Å²) in [5, 5.41) is 10.0. The van der Waals surface area contributed by atoms with E-state index in [1.165, 1.54) is 11.3 Å². The lowest BCUT2D eigenvalue weighted by Crippen LogP contribution is -1.98. The molecular formula is C12H19NO2S2. The highest BCUT2D eigenvalue weighted by Gasteiger charge is 2.16. The number of aromatic nitrogens is 1. The maximum atomic E-state index is 11.1. The Morgan fingerprint density at radius 1 is 1.53 bits per heavy atom. The number of hydrogen-bond acceptors (Lipinski definition) is 4. The van der Waals surface area contributed by atoms with E-state index in [4.69, 9.17) is 5.11 Å². The SMILES string of the molecule is CCCc1nc(CSCC(C)C)sc1C(=O)O. The van der Waals surface area contributed by atoms with Gasteiger partial charge in [0.15, 0.2) is 0 Å². The van der Waals surface area contributed by atoms with Gasteiger partial charge in [-0.05, 0) is 18.1 Å². The van der Waals surface area contributed by atoms with E-state index in [0.29, 0.717) is 10.8 Å². The predicted molar refractivity (Wildman–Crippen MR) is 74.1 cm³/mol. The van der Waals surface area contributed by atoms with E-state index in [1.807, 2.05) is 18.7 Å². The molecule has 0 bridgehead atoms. The standard InChI is InChI=1S/C12H19NO2S2/c1-4-5-9-11(12(14)15)17-10(13-9)7-16-6-8(2)3/h8H,4-7H2,1-3H3,(H,14,15). The lowest BCUT2D eigenvalue weighted by molar-refractivity contribution is 0.0700. The van der Waals surface area contributed by atoms with Crippen molar-refractivity contribution in [3.05, 3.63) is 15.6 Å². The second-order valence-electron chi connectivity index (χ2n) is 4.35. The van der Waals surface area contributed by atoms with Gasteiger partial charge in [-0.2, -0.15) is 11.8 Å². The molecule has 0 fully saturated rings. The van der Waals surface area contributed by atoms with Crippen LogP contribution in [-0.2, 0) is 12.2 Å². The molecule has 1 N–H and O–H groups in total. The Morgan fingerprint density at radius 3 is 2.76 bits per heavy atom. The third-order valence-electron chi connectivity index (χ3n) is 2.10. The largest absolute Gasteiger partial charge is 0.477 e.